The quantitative estimate of drug-likeness (QED) is 0.577. The number of hydrazone groups is 1. The second kappa shape index (κ2) is 7.62. The summed E-state index contributed by atoms with van der Waals surface area (Å²) in [6, 6.07) is -0.240. The summed E-state index contributed by atoms with van der Waals surface area (Å²) in [5.74, 6) is 0. The summed E-state index contributed by atoms with van der Waals surface area (Å²) >= 11 is 1.12. The van der Waals surface area contributed by atoms with Crippen LogP contribution in [0.2, 0.25) is 0 Å². The van der Waals surface area contributed by atoms with Crippen LogP contribution in [0.4, 0.5) is 13.2 Å². The van der Waals surface area contributed by atoms with E-state index in [2.05, 4.69) is 10.5 Å². The summed E-state index contributed by atoms with van der Waals surface area (Å²) in [5, 5.41) is 4.49. The lowest BCUT2D eigenvalue weighted by molar-refractivity contribution is -0.136. The van der Waals surface area contributed by atoms with E-state index in [9.17, 15) is 22.8 Å². The predicted octanol–water partition coefficient (Wildman–Crippen LogP) is 3.93. The van der Waals surface area contributed by atoms with Crippen molar-refractivity contribution in [2.45, 2.75) is 77.7 Å². The average Bonchev–Trinajstić information content (AvgIpc) is 2.84. The van der Waals surface area contributed by atoms with Crippen molar-refractivity contribution >= 4 is 27.8 Å². The first-order chi connectivity index (χ1) is 13.4. The molecule has 0 atom stereocenters. The first-order valence-electron chi connectivity index (χ1n) is 9.54. The van der Waals surface area contributed by atoms with Gasteiger partial charge in [0.2, 0.25) is 0 Å². The van der Waals surface area contributed by atoms with Gasteiger partial charge in [-0.25, -0.2) is 4.79 Å². The van der Waals surface area contributed by atoms with Gasteiger partial charge in [0.05, 0.1) is 22.9 Å². The number of hydrogen-bond donors (Lipinski definition) is 1. The molecule has 0 aliphatic heterocycles. The monoisotopic (exact) mass is 430 g/mol. The van der Waals surface area contributed by atoms with E-state index < -0.39 is 30.4 Å². The largest absolute Gasteiger partial charge is 0.390 e. The highest BCUT2D eigenvalue weighted by Gasteiger charge is 2.30. The van der Waals surface area contributed by atoms with E-state index in [4.69, 9.17) is 0 Å². The lowest BCUT2D eigenvalue weighted by Gasteiger charge is -2.27. The number of rotatable bonds is 5. The summed E-state index contributed by atoms with van der Waals surface area (Å²) in [6.45, 7) is 7.04. The van der Waals surface area contributed by atoms with E-state index >= 15 is 0 Å². The normalized spacial score (nSPS) is 16.0. The fourth-order valence-corrected chi connectivity index (χ4v) is 4.38. The number of fused-ring (bicyclic) bond motifs is 1. The van der Waals surface area contributed by atoms with Crippen LogP contribution in [0.5, 0.6) is 0 Å². The van der Waals surface area contributed by atoms with E-state index in [1.54, 1.807) is 13.1 Å². The van der Waals surface area contributed by atoms with Gasteiger partial charge in [-0.2, -0.15) is 18.3 Å². The van der Waals surface area contributed by atoms with Gasteiger partial charge in [-0.1, -0.05) is 0 Å². The van der Waals surface area contributed by atoms with Gasteiger partial charge in [0.15, 0.2) is 0 Å². The van der Waals surface area contributed by atoms with E-state index in [0.29, 0.717) is 28.7 Å². The Bertz CT molecular complexity index is 1050. The zero-order chi connectivity index (χ0) is 21.6. The second-order valence-electron chi connectivity index (χ2n) is 8.45. The van der Waals surface area contributed by atoms with Crippen molar-refractivity contribution in [3.05, 3.63) is 31.3 Å². The SMILES string of the molecule is Cc1c(C=NNC(C)(C)C)sc2c1c(=O)n(C1CCC1)c(=O)n2CCC(F)(F)F. The fourth-order valence-electron chi connectivity index (χ4n) is 3.19. The Morgan fingerprint density at radius 2 is 1.90 bits per heavy atom. The van der Waals surface area contributed by atoms with Crippen LogP contribution in [-0.4, -0.2) is 27.1 Å². The van der Waals surface area contributed by atoms with Crippen LogP contribution >= 0.6 is 11.3 Å². The molecule has 10 heteroatoms. The highest BCUT2D eigenvalue weighted by atomic mass is 32.1. The molecule has 0 radical (unpaired) electrons. The molecular weight excluding hydrogens is 405 g/mol. The van der Waals surface area contributed by atoms with Crippen LogP contribution in [0.3, 0.4) is 0 Å². The highest BCUT2D eigenvalue weighted by Crippen LogP contribution is 2.32. The molecule has 29 heavy (non-hydrogen) atoms. The molecule has 1 aliphatic rings. The third-order valence-electron chi connectivity index (χ3n) is 4.92. The molecule has 0 aromatic carbocycles. The molecule has 0 saturated heterocycles. The van der Waals surface area contributed by atoms with Crippen LogP contribution in [0.15, 0.2) is 14.7 Å². The molecule has 2 heterocycles. The molecule has 3 rings (SSSR count). The number of nitrogens with zero attached hydrogens (tertiary/aromatic N) is 3. The molecule has 0 unspecified atom stereocenters. The third kappa shape index (κ3) is 4.57. The first kappa shape index (κ1) is 21.6. The van der Waals surface area contributed by atoms with Crippen molar-refractivity contribution in [2.24, 2.45) is 5.10 Å². The van der Waals surface area contributed by atoms with Gasteiger partial charge in [-0.05, 0) is 52.5 Å². The van der Waals surface area contributed by atoms with Gasteiger partial charge in [-0.3, -0.25) is 13.9 Å². The molecule has 0 amide bonds. The van der Waals surface area contributed by atoms with Crippen LogP contribution in [-0.2, 0) is 6.54 Å². The summed E-state index contributed by atoms with van der Waals surface area (Å²) in [6.07, 6.45) is -1.69. The first-order valence-corrected chi connectivity index (χ1v) is 10.4. The van der Waals surface area contributed by atoms with Gasteiger partial charge in [0.25, 0.3) is 5.56 Å². The van der Waals surface area contributed by atoms with Gasteiger partial charge in [0.1, 0.15) is 4.83 Å². The van der Waals surface area contributed by atoms with Gasteiger partial charge in [-0.15, -0.1) is 11.3 Å². The molecule has 1 aliphatic carbocycles. The maximum atomic E-state index is 13.1. The zero-order valence-corrected chi connectivity index (χ0v) is 17.7. The van der Waals surface area contributed by atoms with Crippen molar-refractivity contribution in [3.63, 3.8) is 0 Å². The number of nitrogens with one attached hydrogen (secondary N) is 1. The third-order valence-corrected chi connectivity index (χ3v) is 6.17. The second-order valence-corrected chi connectivity index (χ2v) is 9.48. The van der Waals surface area contributed by atoms with Crippen molar-refractivity contribution in [1.29, 1.82) is 0 Å². The Hall–Kier alpha value is -2.10. The molecule has 0 spiro atoms. The van der Waals surface area contributed by atoms with E-state index in [1.807, 2.05) is 20.8 Å². The molecule has 2 aromatic heterocycles. The number of aryl methyl sites for hydroxylation is 2. The Labute approximate surface area is 170 Å². The molecule has 2 aromatic rings. The van der Waals surface area contributed by atoms with Crippen LogP contribution in [0, 0.1) is 6.92 Å². The Morgan fingerprint density at radius 1 is 1.24 bits per heavy atom. The lowest BCUT2D eigenvalue weighted by atomic mass is 9.93. The lowest BCUT2D eigenvalue weighted by Crippen LogP contribution is -2.44. The summed E-state index contributed by atoms with van der Waals surface area (Å²) in [7, 11) is 0. The van der Waals surface area contributed by atoms with Gasteiger partial charge in [0, 0.05) is 18.1 Å². The van der Waals surface area contributed by atoms with E-state index in [0.717, 1.165) is 26.9 Å². The van der Waals surface area contributed by atoms with Crippen molar-refractivity contribution in [2.75, 3.05) is 0 Å². The predicted molar refractivity (Wildman–Crippen MR) is 109 cm³/mol. The molecule has 1 fully saturated rings. The number of aromatic nitrogens is 2. The molecule has 160 valence electrons. The Kier molecular flexibility index (Phi) is 5.68. The molecule has 1 saturated carbocycles. The zero-order valence-electron chi connectivity index (χ0n) is 16.9. The van der Waals surface area contributed by atoms with Gasteiger partial charge >= 0.3 is 11.9 Å². The highest BCUT2D eigenvalue weighted by molar-refractivity contribution is 7.20. The van der Waals surface area contributed by atoms with E-state index in [1.165, 1.54) is 0 Å². The van der Waals surface area contributed by atoms with Crippen molar-refractivity contribution < 1.29 is 13.2 Å². The number of thiophene rings is 1. The minimum Gasteiger partial charge on any atom is -0.305 e. The van der Waals surface area contributed by atoms with Gasteiger partial charge < -0.3 is 5.43 Å². The van der Waals surface area contributed by atoms with Crippen LogP contribution < -0.4 is 16.7 Å². The smallest absolute Gasteiger partial charge is 0.305 e. The standard InChI is InChI=1S/C19H25F3N4O2S/c1-11-13(10-23-24-18(2,3)4)29-16-14(11)15(27)26(12-6-5-7-12)17(28)25(16)9-8-19(20,21)22/h10,12,24H,5-9H2,1-4H3. The number of alkyl halides is 3. The fraction of sp³-hybridized carbons (Fsp3) is 0.632. The summed E-state index contributed by atoms with van der Waals surface area (Å²) in [4.78, 5) is 26.9. The summed E-state index contributed by atoms with van der Waals surface area (Å²) < 4.78 is 40.8. The van der Waals surface area contributed by atoms with Crippen molar-refractivity contribution in [3.8, 4) is 0 Å². The molecule has 0 bridgehead atoms. The maximum absolute atomic E-state index is 13.1. The van der Waals surface area contributed by atoms with Crippen LogP contribution in [0.25, 0.3) is 10.2 Å². The minimum atomic E-state index is -4.39. The van der Waals surface area contributed by atoms with E-state index in [-0.39, 0.29) is 16.4 Å². The van der Waals surface area contributed by atoms with Crippen LogP contribution in [0.1, 0.15) is 62.9 Å². The molecular formula is C19H25F3N4O2S. The number of halogens is 3. The topological polar surface area (TPSA) is 68.4 Å². The average molecular weight is 430 g/mol. The molecule has 1 N–H and O–H groups in total. The maximum Gasteiger partial charge on any atom is 0.390 e. The minimum absolute atomic E-state index is 0.240. The Balaban J connectivity index is 2.17. The number of hydrogen-bond acceptors (Lipinski definition) is 5. The Morgan fingerprint density at radius 3 is 2.41 bits per heavy atom. The van der Waals surface area contributed by atoms with Crippen molar-refractivity contribution in [1.82, 2.24) is 14.6 Å². The summed E-state index contributed by atoms with van der Waals surface area (Å²) in [5.41, 5.74) is 2.24. The molecule has 6 nitrogen and oxygen atoms in total.